The Morgan fingerprint density at radius 3 is 2.73 bits per heavy atom. The zero-order valence-corrected chi connectivity index (χ0v) is 24.6. The summed E-state index contributed by atoms with van der Waals surface area (Å²) in [5, 5.41) is 26.1. The maximum absolute atomic E-state index is 14.1. The van der Waals surface area contributed by atoms with Gasteiger partial charge in [0, 0.05) is 17.6 Å². The third-order valence-electron chi connectivity index (χ3n) is 6.68. The molecular formula is C27H34N3O9PS. The van der Waals surface area contributed by atoms with Crippen LogP contribution in [0, 0.1) is 4.77 Å². The molecule has 4 N–H and O–H groups in total. The number of rotatable bonds is 12. The zero-order chi connectivity index (χ0) is 29.8. The molecule has 1 saturated heterocycles. The standard InChI is InChI=1S/C27H34N3O9PS/c1-4-5-15-36-24(33)17(2)29-40(35,39-20-12-8-10-18-9-6-7-11-19(18)20)37-16-21-23(32)27(3,34)25(38-21)30-14-13-22(31)28-26(30)41/h6-14,17,21,23,25,32,34H,4-5,15-16H2,1-3H3,(H,29,35)(H,28,31,41)/t17-,21+,23?,25+,27+,40+/m0/s1. The van der Waals surface area contributed by atoms with Gasteiger partial charge in [0.25, 0.3) is 5.56 Å². The van der Waals surface area contributed by atoms with Gasteiger partial charge in [0.05, 0.1) is 13.2 Å². The van der Waals surface area contributed by atoms with E-state index < -0.39 is 56.0 Å². The minimum atomic E-state index is -4.32. The number of unbranched alkanes of at least 4 members (excludes halogenated alkanes) is 1. The van der Waals surface area contributed by atoms with E-state index in [9.17, 15) is 24.4 Å². The Morgan fingerprint density at radius 2 is 2.00 bits per heavy atom. The number of nitrogens with zero attached hydrogens (tertiary/aromatic N) is 1. The lowest BCUT2D eigenvalue weighted by Gasteiger charge is -2.28. The Balaban J connectivity index is 1.57. The van der Waals surface area contributed by atoms with Crippen LogP contribution >= 0.6 is 20.0 Å². The molecule has 1 aromatic heterocycles. The van der Waals surface area contributed by atoms with Crippen LogP contribution in [-0.4, -0.2) is 62.8 Å². The number of ether oxygens (including phenoxy) is 2. The minimum absolute atomic E-state index is 0.0291. The van der Waals surface area contributed by atoms with Crippen LogP contribution in [0.5, 0.6) is 5.75 Å². The molecule has 12 nitrogen and oxygen atoms in total. The van der Waals surface area contributed by atoms with Crippen molar-refractivity contribution in [1.29, 1.82) is 0 Å². The van der Waals surface area contributed by atoms with Crippen molar-refractivity contribution in [3.05, 3.63) is 69.9 Å². The minimum Gasteiger partial charge on any atom is -0.465 e. The number of hydrogen-bond donors (Lipinski definition) is 4. The normalized spacial score (nSPS) is 24.6. The third kappa shape index (κ3) is 7.12. The van der Waals surface area contributed by atoms with E-state index in [1.165, 1.54) is 30.7 Å². The molecule has 0 aliphatic carbocycles. The fourth-order valence-corrected chi connectivity index (χ4v) is 6.17. The maximum Gasteiger partial charge on any atom is 0.459 e. The van der Waals surface area contributed by atoms with Crippen LogP contribution < -0.4 is 15.2 Å². The highest BCUT2D eigenvalue weighted by Gasteiger charge is 2.54. The molecule has 0 saturated carbocycles. The summed E-state index contributed by atoms with van der Waals surface area (Å²) in [6, 6.07) is 12.6. The van der Waals surface area contributed by atoms with Gasteiger partial charge in [-0.2, -0.15) is 5.09 Å². The molecule has 4 rings (SSSR count). The smallest absolute Gasteiger partial charge is 0.459 e. The van der Waals surface area contributed by atoms with Gasteiger partial charge in [0.15, 0.2) is 11.0 Å². The second-order valence-electron chi connectivity index (χ2n) is 9.95. The lowest BCUT2D eigenvalue weighted by Crippen LogP contribution is -2.45. The molecule has 0 bridgehead atoms. The second-order valence-corrected chi connectivity index (χ2v) is 12.0. The maximum atomic E-state index is 14.1. The highest BCUT2D eigenvalue weighted by atomic mass is 32.1. The largest absolute Gasteiger partial charge is 0.465 e. The van der Waals surface area contributed by atoms with Gasteiger partial charge in [-0.05, 0) is 43.9 Å². The van der Waals surface area contributed by atoms with Crippen LogP contribution in [0.2, 0.25) is 0 Å². The summed E-state index contributed by atoms with van der Waals surface area (Å²) >= 11 is 5.19. The number of aromatic amines is 1. The lowest BCUT2D eigenvalue weighted by atomic mass is 9.96. The summed E-state index contributed by atoms with van der Waals surface area (Å²) in [5.74, 6) is -0.404. The highest BCUT2D eigenvalue weighted by molar-refractivity contribution is 7.71. The average molecular weight is 608 g/mol. The number of aliphatic hydroxyl groups excluding tert-OH is 1. The van der Waals surface area contributed by atoms with Crippen molar-refractivity contribution in [2.75, 3.05) is 13.2 Å². The number of aromatic nitrogens is 2. The number of carbonyl (C=O) groups excluding carboxylic acids is 1. The topological polar surface area (TPSA) is 161 Å². The van der Waals surface area contributed by atoms with Crippen molar-refractivity contribution < 1.29 is 38.1 Å². The van der Waals surface area contributed by atoms with Gasteiger partial charge >= 0.3 is 13.7 Å². The zero-order valence-electron chi connectivity index (χ0n) is 22.9. The molecule has 3 aromatic rings. The molecule has 1 aliphatic rings. The summed E-state index contributed by atoms with van der Waals surface area (Å²) in [7, 11) is -4.32. The first-order chi connectivity index (χ1) is 19.4. The van der Waals surface area contributed by atoms with Gasteiger partial charge in [0.2, 0.25) is 0 Å². The van der Waals surface area contributed by atoms with Gasteiger partial charge in [-0.3, -0.25) is 23.7 Å². The Hall–Kier alpha value is -2.90. The number of nitrogens with one attached hydrogen (secondary N) is 2. The molecule has 222 valence electrons. The van der Waals surface area contributed by atoms with E-state index in [1.807, 2.05) is 25.1 Å². The number of benzene rings is 2. The molecule has 2 heterocycles. The first-order valence-electron chi connectivity index (χ1n) is 13.2. The number of aliphatic hydroxyl groups is 2. The summed E-state index contributed by atoms with van der Waals surface area (Å²) < 4.78 is 38.1. The number of esters is 1. The van der Waals surface area contributed by atoms with Gasteiger partial charge < -0.3 is 24.2 Å². The van der Waals surface area contributed by atoms with Crippen molar-refractivity contribution in [1.82, 2.24) is 14.6 Å². The van der Waals surface area contributed by atoms with Crippen molar-refractivity contribution in [3.8, 4) is 5.75 Å². The van der Waals surface area contributed by atoms with E-state index in [1.54, 1.807) is 24.3 Å². The molecule has 0 radical (unpaired) electrons. The number of carbonyl (C=O) groups is 1. The fraction of sp³-hybridized carbons (Fsp3) is 0.444. The Bertz CT molecular complexity index is 1540. The quantitative estimate of drug-likeness (QED) is 0.103. The van der Waals surface area contributed by atoms with Crippen molar-refractivity contribution in [2.24, 2.45) is 0 Å². The first-order valence-corrected chi connectivity index (χ1v) is 15.1. The second kappa shape index (κ2) is 13.0. The molecule has 41 heavy (non-hydrogen) atoms. The Kier molecular flexibility index (Phi) is 9.81. The van der Waals surface area contributed by atoms with Crippen LogP contribution in [0.15, 0.2) is 59.5 Å². The Labute approximate surface area is 241 Å². The van der Waals surface area contributed by atoms with Crippen LogP contribution in [0.3, 0.4) is 0 Å². The van der Waals surface area contributed by atoms with Crippen LogP contribution in [-0.2, 0) is 23.4 Å². The molecule has 0 spiro atoms. The SMILES string of the molecule is CCCCOC(=O)[C@H](C)N[P@@](=O)(OC[C@H]1O[C@@H](n2ccc(=O)[nH]c2=S)[C@](C)(O)C1O)Oc1cccc2ccccc12. The van der Waals surface area contributed by atoms with E-state index >= 15 is 0 Å². The molecule has 2 aromatic carbocycles. The van der Waals surface area contributed by atoms with Gasteiger partial charge in [-0.1, -0.05) is 49.7 Å². The lowest BCUT2D eigenvalue weighted by molar-refractivity contribution is -0.145. The van der Waals surface area contributed by atoms with Crippen molar-refractivity contribution in [2.45, 2.75) is 63.7 Å². The van der Waals surface area contributed by atoms with Crippen molar-refractivity contribution >= 4 is 36.7 Å². The van der Waals surface area contributed by atoms with E-state index in [2.05, 4.69) is 10.1 Å². The summed E-state index contributed by atoms with van der Waals surface area (Å²) in [5.41, 5.74) is -2.31. The summed E-state index contributed by atoms with van der Waals surface area (Å²) in [4.78, 5) is 26.6. The predicted molar refractivity (Wildman–Crippen MR) is 153 cm³/mol. The molecular weight excluding hydrogens is 573 g/mol. The third-order valence-corrected chi connectivity index (χ3v) is 8.63. The van der Waals surface area contributed by atoms with E-state index in [-0.39, 0.29) is 17.1 Å². The summed E-state index contributed by atoms with van der Waals surface area (Å²) in [6.07, 6.45) is -1.06. The van der Waals surface area contributed by atoms with Crippen LogP contribution in [0.25, 0.3) is 10.8 Å². The average Bonchev–Trinajstić information content (AvgIpc) is 3.15. The molecule has 1 aliphatic heterocycles. The first kappa shape index (κ1) is 31.0. The molecule has 1 fully saturated rings. The van der Waals surface area contributed by atoms with Crippen LogP contribution in [0.4, 0.5) is 0 Å². The van der Waals surface area contributed by atoms with Gasteiger partial charge in [-0.25, -0.2) is 4.57 Å². The predicted octanol–water partition coefficient (Wildman–Crippen LogP) is 3.59. The molecule has 6 atom stereocenters. The van der Waals surface area contributed by atoms with Gasteiger partial charge in [0.1, 0.15) is 29.6 Å². The molecule has 1 unspecified atom stereocenters. The highest BCUT2D eigenvalue weighted by Crippen LogP contribution is 2.48. The van der Waals surface area contributed by atoms with Crippen LogP contribution in [0.1, 0.15) is 39.8 Å². The summed E-state index contributed by atoms with van der Waals surface area (Å²) in [6.45, 7) is 4.48. The Morgan fingerprint density at radius 1 is 1.27 bits per heavy atom. The number of H-pyrrole nitrogens is 1. The van der Waals surface area contributed by atoms with E-state index in [0.29, 0.717) is 11.8 Å². The fourth-order valence-electron chi connectivity index (χ4n) is 4.39. The monoisotopic (exact) mass is 607 g/mol. The van der Waals surface area contributed by atoms with Crippen molar-refractivity contribution in [3.63, 3.8) is 0 Å². The number of hydrogen-bond acceptors (Lipinski definition) is 10. The van der Waals surface area contributed by atoms with E-state index in [4.69, 9.17) is 30.7 Å². The molecule has 0 amide bonds. The number of fused-ring (bicyclic) bond motifs is 1. The van der Waals surface area contributed by atoms with E-state index in [0.717, 1.165) is 11.8 Å². The van der Waals surface area contributed by atoms with Gasteiger partial charge in [-0.15, -0.1) is 0 Å². The molecule has 14 heteroatoms.